The highest BCUT2D eigenvalue weighted by molar-refractivity contribution is 9.10. The van der Waals surface area contributed by atoms with Crippen LogP contribution >= 0.6 is 15.9 Å². The Balaban J connectivity index is 1.91. The first-order chi connectivity index (χ1) is 14.0. The van der Waals surface area contributed by atoms with E-state index < -0.39 is 74.1 Å². The number of hydrogen-bond donors (Lipinski definition) is 4. The summed E-state index contributed by atoms with van der Waals surface area (Å²) in [5.41, 5.74) is -2.36. The lowest BCUT2D eigenvalue weighted by molar-refractivity contribution is -0.174. The first-order valence-corrected chi connectivity index (χ1v) is 9.14. The van der Waals surface area contributed by atoms with Crippen LogP contribution in [-0.4, -0.2) is 65.6 Å². The molecule has 1 aromatic carbocycles. The van der Waals surface area contributed by atoms with Crippen molar-refractivity contribution in [2.75, 3.05) is 13.0 Å². The lowest BCUT2D eigenvalue weighted by Crippen LogP contribution is -2.57. The number of nitrogens with one attached hydrogen (secondary N) is 2. The molecule has 1 aromatic rings. The fourth-order valence-corrected chi connectivity index (χ4v) is 2.99. The van der Waals surface area contributed by atoms with Crippen molar-refractivity contribution in [1.29, 1.82) is 0 Å². The second-order valence-corrected chi connectivity index (χ2v) is 7.05. The lowest BCUT2D eigenvalue weighted by atomic mass is 9.82. The van der Waals surface area contributed by atoms with Crippen LogP contribution in [0.15, 0.2) is 22.7 Å². The molecule has 1 fully saturated rings. The number of hydrogen-bond acceptors (Lipinski definition) is 7. The SMILES string of the molecule is O=C(O)CC1(C(=O)O)CC(=O)OB(CNC(=O)CNC(=O)c2cc(F)ccc2Br)O1. The molecule has 4 N–H and O–H groups in total. The summed E-state index contributed by atoms with van der Waals surface area (Å²) in [6.07, 6.45) is -2.28. The number of carbonyl (C=O) groups excluding carboxylic acids is 3. The number of benzene rings is 1. The van der Waals surface area contributed by atoms with Crippen LogP contribution in [0.25, 0.3) is 0 Å². The second-order valence-electron chi connectivity index (χ2n) is 6.19. The zero-order valence-corrected chi connectivity index (χ0v) is 16.7. The zero-order valence-electron chi connectivity index (χ0n) is 15.1. The van der Waals surface area contributed by atoms with Crippen molar-refractivity contribution in [2.24, 2.45) is 0 Å². The largest absolute Gasteiger partial charge is 0.548 e. The number of carboxylic acid groups (broad SMARTS) is 2. The topological polar surface area (TPSA) is 168 Å². The molecule has 30 heavy (non-hydrogen) atoms. The molecule has 0 radical (unpaired) electrons. The average Bonchev–Trinajstić information content (AvgIpc) is 2.65. The Bertz CT molecular complexity index is 895. The molecule has 1 aliphatic rings. The van der Waals surface area contributed by atoms with E-state index in [1.54, 1.807) is 0 Å². The molecule has 0 aliphatic carbocycles. The van der Waals surface area contributed by atoms with Crippen LogP contribution in [-0.2, 0) is 28.5 Å². The van der Waals surface area contributed by atoms with Crippen molar-refractivity contribution in [3.63, 3.8) is 0 Å². The van der Waals surface area contributed by atoms with Gasteiger partial charge < -0.3 is 30.2 Å². The number of rotatable bonds is 8. The Labute approximate surface area is 177 Å². The van der Waals surface area contributed by atoms with E-state index in [2.05, 4.69) is 26.6 Å². The number of amides is 2. The summed E-state index contributed by atoms with van der Waals surface area (Å²) in [5, 5.41) is 22.7. The maximum atomic E-state index is 13.2. The highest BCUT2D eigenvalue weighted by Crippen LogP contribution is 2.27. The minimum Gasteiger partial charge on any atom is -0.508 e. The molecule has 0 bridgehead atoms. The molecule has 1 atom stereocenters. The minimum atomic E-state index is -2.32. The molecular weight excluding hydrogens is 474 g/mol. The number of halogens is 2. The molecule has 0 spiro atoms. The smallest absolute Gasteiger partial charge is 0.508 e. The van der Waals surface area contributed by atoms with Gasteiger partial charge in [0.1, 0.15) is 5.82 Å². The van der Waals surface area contributed by atoms with E-state index in [-0.39, 0.29) is 5.56 Å². The van der Waals surface area contributed by atoms with Crippen molar-refractivity contribution in [3.8, 4) is 0 Å². The van der Waals surface area contributed by atoms with Crippen LogP contribution in [0.5, 0.6) is 0 Å². The molecule has 1 saturated heterocycles. The zero-order chi connectivity index (χ0) is 22.5. The summed E-state index contributed by atoms with van der Waals surface area (Å²) < 4.78 is 23.5. The molecule has 0 saturated carbocycles. The summed E-state index contributed by atoms with van der Waals surface area (Å²) >= 11 is 3.08. The van der Waals surface area contributed by atoms with Crippen LogP contribution in [0.3, 0.4) is 0 Å². The van der Waals surface area contributed by atoms with Gasteiger partial charge in [-0.2, -0.15) is 0 Å². The lowest BCUT2D eigenvalue weighted by Gasteiger charge is -2.34. The van der Waals surface area contributed by atoms with Crippen molar-refractivity contribution in [1.82, 2.24) is 10.6 Å². The quantitative estimate of drug-likeness (QED) is 0.359. The van der Waals surface area contributed by atoms with Crippen LogP contribution < -0.4 is 10.6 Å². The van der Waals surface area contributed by atoms with E-state index in [1.165, 1.54) is 6.07 Å². The molecule has 1 aliphatic heterocycles. The Morgan fingerprint density at radius 3 is 2.57 bits per heavy atom. The summed E-state index contributed by atoms with van der Waals surface area (Å²) in [7, 11) is -1.54. The number of carbonyl (C=O) groups is 5. The Morgan fingerprint density at radius 2 is 1.93 bits per heavy atom. The van der Waals surface area contributed by atoms with E-state index in [9.17, 15) is 33.5 Å². The monoisotopic (exact) mass is 488 g/mol. The van der Waals surface area contributed by atoms with E-state index in [4.69, 9.17) is 14.4 Å². The number of aliphatic carboxylic acids is 2. The minimum absolute atomic E-state index is 0.0349. The van der Waals surface area contributed by atoms with Gasteiger partial charge in [0, 0.05) is 4.47 Å². The van der Waals surface area contributed by atoms with Gasteiger partial charge in [0.2, 0.25) is 5.91 Å². The van der Waals surface area contributed by atoms with Gasteiger partial charge in [-0.1, -0.05) is 0 Å². The maximum Gasteiger partial charge on any atom is 0.548 e. The predicted molar refractivity (Wildman–Crippen MR) is 99.6 cm³/mol. The maximum absolute atomic E-state index is 13.2. The Hall–Kier alpha value is -3.00. The third-order valence-corrected chi connectivity index (χ3v) is 4.62. The Morgan fingerprint density at radius 1 is 1.23 bits per heavy atom. The third-order valence-electron chi connectivity index (χ3n) is 3.92. The molecule has 1 unspecified atom stereocenters. The van der Waals surface area contributed by atoms with Gasteiger partial charge in [-0.05, 0) is 34.1 Å². The molecule has 2 rings (SSSR count). The van der Waals surface area contributed by atoms with Crippen molar-refractivity contribution in [3.05, 3.63) is 34.1 Å². The molecule has 14 heteroatoms. The van der Waals surface area contributed by atoms with E-state index in [1.807, 2.05) is 0 Å². The second kappa shape index (κ2) is 9.67. The summed E-state index contributed by atoms with van der Waals surface area (Å²) in [5.74, 6) is -6.30. The van der Waals surface area contributed by atoms with E-state index in [0.717, 1.165) is 12.1 Å². The van der Waals surface area contributed by atoms with Gasteiger partial charge in [0.15, 0.2) is 5.60 Å². The molecule has 1 heterocycles. The van der Waals surface area contributed by atoms with Gasteiger partial charge in [-0.15, -0.1) is 0 Å². The average molecular weight is 489 g/mol. The fraction of sp³-hybridized carbons (Fsp3) is 0.312. The van der Waals surface area contributed by atoms with Gasteiger partial charge in [-0.3, -0.25) is 19.2 Å². The fourth-order valence-electron chi connectivity index (χ4n) is 2.56. The standard InChI is InChI=1S/C16H15BBrFN2O9/c18-10-2-1-8(19)3-9(10)14(26)20-6-11(22)21-7-17-29-13(25)5-16(30-17,15(27)28)4-12(23)24/h1-3H,4-7H2,(H,20,26)(H,21,22)(H,23,24)(H,27,28). The molecular formula is C16H15BBrFN2O9. The summed E-state index contributed by atoms with van der Waals surface area (Å²) in [4.78, 5) is 58.0. The normalized spacial score (nSPS) is 18.3. The van der Waals surface area contributed by atoms with Gasteiger partial charge in [0.25, 0.3) is 11.9 Å². The van der Waals surface area contributed by atoms with Gasteiger partial charge in [-0.25, -0.2) is 9.18 Å². The van der Waals surface area contributed by atoms with Gasteiger partial charge >= 0.3 is 19.1 Å². The summed E-state index contributed by atoms with van der Waals surface area (Å²) in [6.45, 7) is -0.526. The summed E-state index contributed by atoms with van der Waals surface area (Å²) in [6, 6.07) is 3.44. The molecule has 2 amide bonds. The predicted octanol–water partition coefficient (Wildman–Crippen LogP) is -0.277. The molecule has 11 nitrogen and oxygen atoms in total. The van der Waals surface area contributed by atoms with Crippen molar-refractivity contribution < 1.29 is 47.9 Å². The molecule has 0 aromatic heterocycles. The van der Waals surface area contributed by atoms with Crippen LogP contribution in [0, 0.1) is 5.82 Å². The first kappa shape index (κ1) is 23.3. The van der Waals surface area contributed by atoms with Crippen LogP contribution in [0.2, 0.25) is 0 Å². The van der Waals surface area contributed by atoms with E-state index >= 15 is 0 Å². The third kappa shape index (κ3) is 6.00. The molecule has 160 valence electrons. The Kier molecular flexibility index (Phi) is 7.51. The van der Waals surface area contributed by atoms with E-state index in [0.29, 0.717) is 4.47 Å². The highest BCUT2D eigenvalue weighted by atomic mass is 79.9. The van der Waals surface area contributed by atoms with Crippen molar-refractivity contribution in [2.45, 2.75) is 18.4 Å². The van der Waals surface area contributed by atoms with Gasteiger partial charge in [0.05, 0.1) is 31.4 Å². The van der Waals surface area contributed by atoms with Crippen molar-refractivity contribution >= 4 is 52.8 Å². The first-order valence-electron chi connectivity index (χ1n) is 8.35. The number of carboxylic acids is 2. The highest BCUT2D eigenvalue weighted by Gasteiger charge is 2.52. The van der Waals surface area contributed by atoms with Crippen LogP contribution in [0.4, 0.5) is 4.39 Å². The van der Waals surface area contributed by atoms with Crippen LogP contribution in [0.1, 0.15) is 23.2 Å².